The Morgan fingerprint density at radius 3 is 2.74 bits per heavy atom. The fourth-order valence-electron chi connectivity index (χ4n) is 2.77. The van der Waals surface area contributed by atoms with Gasteiger partial charge < -0.3 is 5.32 Å². The number of thiophene rings is 1. The molecule has 1 N–H and O–H groups in total. The molecule has 2 aromatic heterocycles. The molecule has 0 atom stereocenters. The van der Waals surface area contributed by atoms with Crippen LogP contribution in [0.25, 0.3) is 10.2 Å². The van der Waals surface area contributed by atoms with Gasteiger partial charge >= 0.3 is 0 Å². The third-order valence-corrected chi connectivity index (χ3v) is 7.29. The van der Waals surface area contributed by atoms with Crippen molar-refractivity contribution >= 4 is 50.6 Å². The average Bonchev–Trinajstić information content (AvgIpc) is 3.35. The molecule has 0 fully saturated rings. The molecule has 0 aliphatic carbocycles. The molecule has 0 radical (unpaired) electrons. The number of fused-ring (bicyclic) bond motifs is 1. The van der Waals surface area contributed by atoms with Crippen molar-refractivity contribution in [2.45, 2.75) is 16.5 Å². The Labute approximate surface area is 170 Å². The van der Waals surface area contributed by atoms with Crippen LogP contribution in [0.3, 0.4) is 0 Å². The Hall–Kier alpha value is -2.15. The number of amides is 1. The van der Waals surface area contributed by atoms with Crippen molar-refractivity contribution in [3.63, 3.8) is 0 Å². The van der Waals surface area contributed by atoms with E-state index in [2.05, 4.69) is 27.8 Å². The minimum absolute atomic E-state index is 0.00736. The Morgan fingerprint density at radius 2 is 1.89 bits per heavy atom. The summed E-state index contributed by atoms with van der Waals surface area (Å²) in [6, 6.07) is 20.1. The van der Waals surface area contributed by atoms with Crippen LogP contribution in [0.15, 0.2) is 70.4 Å². The molecular weight excluding hydrogens is 392 g/mol. The summed E-state index contributed by atoms with van der Waals surface area (Å²) in [6.07, 6.45) is 0.867. The summed E-state index contributed by atoms with van der Waals surface area (Å²) < 4.78 is 2.23. The number of thioether (sulfide) groups is 1. The molecule has 6 heteroatoms. The summed E-state index contributed by atoms with van der Waals surface area (Å²) in [6.45, 7) is 0.651. The Morgan fingerprint density at radius 1 is 1.04 bits per heavy atom. The quantitative estimate of drug-likeness (QED) is 0.402. The van der Waals surface area contributed by atoms with E-state index in [1.54, 1.807) is 34.4 Å². The minimum Gasteiger partial charge on any atom is -0.352 e. The van der Waals surface area contributed by atoms with Gasteiger partial charge in [-0.3, -0.25) is 4.79 Å². The van der Waals surface area contributed by atoms with Gasteiger partial charge in [0.1, 0.15) is 0 Å². The number of hydrogen-bond acceptors (Lipinski definition) is 5. The highest BCUT2D eigenvalue weighted by Gasteiger charge is 2.12. The van der Waals surface area contributed by atoms with Crippen molar-refractivity contribution in [2.24, 2.45) is 0 Å². The summed E-state index contributed by atoms with van der Waals surface area (Å²) in [4.78, 5) is 18.6. The Bertz CT molecular complexity index is 1010. The summed E-state index contributed by atoms with van der Waals surface area (Å²) in [5.41, 5.74) is 2.82. The highest BCUT2D eigenvalue weighted by Crippen LogP contribution is 2.32. The maximum Gasteiger partial charge on any atom is 0.251 e. The van der Waals surface area contributed by atoms with Gasteiger partial charge in [0.05, 0.1) is 10.2 Å². The van der Waals surface area contributed by atoms with Gasteiger partial charge in [0.15, 0.2) is 4.34 Å². The normalized spacial score (nSPS) is 11.0. The van der Waals surface area contributed by atoms with Crippen molar-refractivity contribution < 1.29 is 4.79 Å². The van der Waals surface area contributed by atoms with Crippen molar-refractivity contribution in [1.82, 2.24) is 10.3 Å². The highest BCUT2D eigenvalue weighted by molar-refractivity contribution is 8.00. The van der Waals surface area contributed by atoms with Gasteiger partial charge in [0.2, 0.25) is 0 Å². The number of nitrogens with zero attached hydrogens (tertiary/aromatic N) is 1. The van der Waals surface area contributed by atoms with Crippen molar-refractivity contribution in [2.75, 3.05) is 6.54 Å². The zero-order valence-electron chi connectivity index (χ0n) is 14.6. The lowest BCUT2D eigenvalue weighted by molar-refractivity contribution is 0.0953. The van der Waals surface area contributed by atoms with E-state index in [1.807, 2.05) is 48.5 Å². The van der Waals surface area contributed by atoms with Crippen LogP contribution in [0, 0.1) is 0 Å². The molecular formula is C21H18N2OS3. The van der Waals surface area contributed by atoms with E-state index < -0.39 is 0 Å². The third kappa shape index (κ3) is 4.58. The number of benzene rings is 2. The van der Waals surface area contributed by atoms with Gasteiger partial charge in [-0.2, -0.15) is 0 Å². The second-order valence-electron chi connectivity index (χ2n) is 5.98. The number of aromatic nitrogens is 1. The smallest absolute Gasteiger partial charge is 0.251 e. The molecule has 136 valence electrons. The lowest BCUT2D eigenvalue weighted by atomic mass is 10.1. The SMILES string of the molecule is O=C(NCCc1cccs1)c1ccccc1CSc1nc2ccccc2s1. The molecule has 0 unspecified atom stereocenters. The molecule has 0 saturated heterocycles. The second-order valence-corrected chi connectivity index (χ2v) is 9.26. The van der Waals surface area contributed by atoms with E-state index in [4.69, 9.17) is 0 Å². The first kappa shape index (κ1) is 18.2. The number of carbonyl (C=O) groups excluding carboxylic acids is 1. The van der Waals surface area contributed by atoms with Gasteiger partial charge in [-0.15, -0.1) is 22.7 Å². The van der Waals surface area contributed by atoms with Crippen LogP contribution in [0.1, 0.15) is 20.8 Å². The zero-order valence-corrected chi connectivity index (χ0v) is 17.0. The van der Waals surface area contributed by atoms with E-state index in [0.717, 1.165) is 33.2 Å². The van der Waals surface area contributed by atoms with Crippen LogP contribution in [-0.2, 0) is 12.2 Å². The van der Waals surface area contributed by atoms with Crippen LogP contribution in [0.2, 0.25) is 0 Å². The second kappa shape index (κ2) is 8.69. The number of thiazole rings is 1. The maximum absolute atomic E-state index is 12.6. The van der Waals surface area contributed by atoms with E-state index >= 15 is 0 Å². The number of para-hydroxylation sites is 1. The minimum atomic E-state index is -0.00736. The van der Waals surface area contributed by atoms with E-state index in [9.17, 15) is 4.79 Å². The molecule has 0 saturated carbocycles. The van der Waals surface area contributed by atoms with Crippen LogP contribution in [0.5, 0.6) is 0 Å². The van der Waals surface area contributed by atoms with Gasteiger partial charge in [0, 0.05) is 22.7 Å². The van der Waals surface area contributed by atoms with Gasteiger partial charge in [-0.05, 0) is 41.6 Å². The predicted molar refractivity (Wildman–Crippen MR) is 116 cm³/mol. The Kier molecular flexibility index (Phi) is 5.87. The molecule has 0 spiro atoms. The molecule has 0 bridgehead atoms. The van der Waals surface area contributed by atoms with E-state index in [-0.39, 0.29) is 5.91 Å². The van der Waals surface area contributed by atoms with Crippen molar-refractivity contribution in [3.8, 4) is 0 Å². The summed E-state index contributed by atoms with van der Waals surface area (Å²) in [7, 11) is 0. The summed E-state index contributed by atoms with van der Waals surface area (Å²) >= 11 is 5.10. The molecule has 4 aromatic rings. The monoisotopic (exact) mass is 410 g/mol. The van der Waals surface area contributed by atoms with Crippen LogP contribution >= 0.6 is 34.4 Å². The number of hydrogen-bond donors (Lipinski definition) is 1. The molecule has 27 heavy (non-hydrogen) atoms. The fraction of sp³-hybridized carbons (Fsp3) is 0.143. The summed E-state index contributed by atoms with van der Waals surface area (Å²) in [5.74, 6) is 0.723. The fourth-order valence-corrected chi connectivity index (χ4v) is 5.55. The van der Waals surface area contributed by atoms with E-state index in [1.165, 1.54) is 9.58 Å². The number of carbonyl (C=O) groups is 1. The van der Waals surface area contributed by atoms with Gasteiger partial charge in [-0.1, -0.05) is 48.2 Å². The molecule has 0 aliphatic heterocycles. The molecule has 0 aliphatic rings. The van der Waals surface area contributed by atoms with Crippen molar-refractivity contribution in [1.29, 1.82) is 0 Å². The van der Waals surface area contributed by atoms with Gasteiger partial charge in [0.25, 0.3) is 5.91 Å². The third-order valence-electron chi connectivity index (χ3n) is 4.12. The lowest BCUT2D eigenvalue weighted by Gasteiger charge is -2.09. The maximum atomic E-state index is 12.6. The van der Waals surface area contributed by atoms with E-state index in [0.29, 0.717) is 6.54 Å². The molecule has 2 heterocycles. The number of rotatable bonds is 7. The first-order valence-corrected chi connectivity index (χ1v) is 11.3. The summed E-state index contributed by atoms with van der Waals surface area (Å²) in [5, 5.41) is 5.10. The first-order valence-electron chi connectivity index (χ1n) is 8.66. The molecule has 4 rings (SSSR count). The van der Waals surface area contributed by atoms with Crippen LogP contribution in [-0.4, -0.2) is 17.4 Å². The zero-order chi connectivity index (χ0) is 18.5. The largest absolute Gasteiger partial charge is 0.352 e. The molecule has 3 nitrogen and oxygen atoms in total. The molecule has 2 aromatic carbocycles. The Balaban J connectivity index is 1.40. The van der Waals surface area contributed by atoms with Crippen molar-refractivity contribution in [3.05, 3.63) is 82.0 Å². The predicted octanol–water partition coefficient (Wildman–Crippen LogP) is 5.62. The number of nitrogens with one attached hydrogen (secondary N) is 1. The lowest BCUT2D eigenvalue weighted by Crippen LogP contribution is -2.26. The standard InChI is InChI=1S/C21H18N2OS3/c24-20(22-12-11-16-7-5-13-25-16)17-8-2-1-6-15(17)14-26-21-23-18-9-3-4-10-19(18)27-21/h1-10,13H,11-12,14H2,(H,22,24). The topological polar surface area (TPSA) is 42.0 Å². The van der Waals surface area contributed by atoms with Gasteiger partial charge in [-0.25, -0.2) is 4.98 Å². The highest BCUT2D eigenvalue weighted by atomic mass is 32.2. The first-order chi connectivity index (χ1) is 13.3. The molecule has 1 amide bonds. The average molecular weight is 411 g/mol. The van der Waals surface area contributed by atoms with Crippen LogP contribution < -0.4 is 5.32 Å². The van der Waals surface area contributed by atoms with Crippen LogP contribution in [0.4, 0.5) is 0 Å².